The molecule has 5 heteroatoms. The van der Waals surface area contributed by atoms with Crippen LogP contribution in [0.2, 0.25) is 18.1 Å². The Morgan fingerprint density at radius 1 is 1.18 bits per heavy atom. The van der Waals surface area contributed by atoms with Gasteiger partial charge in [0.2, 0.25) is 0 Å². The monoisotopic (exact) mass is 406 g/mol. The van der Waals surface area contributed by atoms with Crippen LogP contribution in [0.4, 0.5) is 0 Å². The van der Waals surface area contributed by atoms with Gasteiger partial charge >= 0.3 is 5.97 Å². The summed E-state index contributed by atoms with van der Waals surface area (Å²) >= 11 is 0. The predicted octanol–water partition coefficient (Wildman–Crippen LogP) is 5.77. The van der Waals surface area contributed by atoms with Gasteiger partial charge in [0.05, 0.1) is 6.10 Å². The number of allylic oxidation sites excluding steroid dienone is 1. The van der Waals surface area contributed by atoms with Crippen LogP contribution in [-0.4, -0.2) is 26.2 Å². The number of Topliss-reactive ketones (excluding diaryl/α,β-unsaturated/α-hetero) is 1. The first-order chi connectivity index (χ1) is 12.9. The summed E-state index contributed by atoms with van der Waals surface area (Å²) < 4.78 is 12.8. The third kappa shape index (κ3) is 3.65. The minimum Gasteiger partial charge on any atom is -0.431 e. The molecule has 0 amide bonds. The van der Waals surface area contributed by atoms with Crippen LogP contribution in [0.25, 0.3) is 0 Å². The molecule has 2 bridgehead atoms. The number of fused-ring (bicyclic) bond motifs is 1. The molecule has 0 saturated heterocycles. The summed E-state index contributed by atoms with van der Waals surface area (Å²) in [7, 11) is -2.01. The van der Waals surface area contributed by atoms with Gasteiger partial charge in [-0.15, -0.1) is 0 Å². The second kappa shape index (κ2) is 7.39. The Morgan fingerprint density at radius 2 is 1.86 bits per heavy atom. The highest BCUT2D eigenvalue weighted by Crippen LogP contribution is 2.59. The van der Waals surface area contributed by atoms with E-state index in [0.717, 1.165) is 37.7 Å². The molecule has 4 atom stereocenters. The normalized spacial score (nSPS) is 34.0. The molecule has 0 aliphatic heterocycles. The highest BCUT2D eigenvalue weighted by Gasteiger charge is 2.59. The van der Waals surface area contributed by atoms with Gasteiger partial charge in [0.25, 0.3) is 0 Å². The molecule has 0 aromatic heterocycles. The van der Waals surface area contributed by atoms with Gasteiger partial charge in [-0.3, -0.25) is 9.59 Å². The Labute approximate surface area is 171 Å². The Kier molecular flexibility index (Phi) is 5.74. The minimum atomic E-state index is -2.01. The number of carbonyl (C=O) groups excluding carboxylic acids is 2. The predicted molar refractivity (Wildman–Crippen MR) is 113 cm³/mol. The quantitative estimate of drug-likeness (QED) is 0.441. The van der Waals surface area contributed by atoms with Crippen molar-refractivity contribution in [3.8, 4) is 0 Å². The smallest absolute Gasteiger partial charge is 0.307 e. The number of carbonyl (C=O) groups is 2. The van der Waals surface area contributed by atoms with Crippen LogP contribution in [0, 0.1) is 17.3 Å². The van der Waals surface area contributed by atoms with E-state index in [1.807, 2.05) is 6.92 Å². The lowest BCUT2D eigenvalue weighted by Crippen LogP contribution is -2.51. The summed E-state index contributed by atoms with van der Waals surface area (Å²) in [6.45, 7) is 14.9. The van der Waals surface area contributed by atoms with E-state index >= 15 is 0 Å². The number of esters is 1. The van der Waals surface area contributed by atoms with Crippen LogP contribution in [0.3, 0.4) is 0 Å². The first-order valence-electron chi connectivity index (χ1n) is 11.0. The van der Waals surface area contributed by atoms with Gasteiger partial charge in [0, 0.05) is 30.3 Å². The van der Waals surface area contributed by atoms with E-state index < -0.39 is 8.32 Å². The number of rotatable bonds is 3. The summed E-state index contributed by atoms with van der Waals surface area (Å²) in [5.74, 6) is 0.916. The molecular weight excluding hydrogens is 368 g/mol. The van der Waals surface area contributed by atoms with Crippen molar-refractivity contribution in [2.75, 3.05) is 0 Å². The van der Waals surface area contributed by atoms with E-state index in [1.54, 1.807) is 0 Å². The van der Waals surface area contributed by atoms with Gasteiger partial charge < -0.3 is 9.16 Å². The molecule has 2 fully saturated rings. The zero-order valence-corrected chi connectivity index (χ0v) is 19.8. The van der Waals surface area contributed by atoms with Gasteiger partial charge in [0.1, 0.15) is 5.76 Å². The molecule has 2 saturated carbocycles. The maximum Gasteiger partial charge on any atom is 0.307 e. The SMILES string of the molecule is CC(=O)OC1=C2C(=O)[C@H](C)C[C@@]23CCCC[C@@H](CC1)[C@@H]3O[Si](C)(C)C(C)(C)C. The Hall–Kier alpha value is -0.943. The third-order valence-corrected chi connectivity index (χ3v) is 12.3. The van der Waals surface area contributed by atoms with Crippen molar-refractivity contribution < 1.29 is 18.8 Å². The van der Waals surface area contributed by atoms with Crippen LogP contribution in [0.1, 0.15) is 79.6 Å². The highest BCUT2D eigenvalue weighted by molar-refractivity contribution is 6.74. The summed E-state index contributed by atoms with van der Waals surface area (Å²) in [6.07, 6.45) is 6.94. The van der Waals surface area contributed by atoms with Gasteiger partial charge in [0.15, 0.2) is 14.1 Å². The van der Waals surface area contributed by atoms with E-state index in [4.69, 9.17) is 9.16 Å². The average molecular weight is 407 g/mol. The lowest BCUT2D eigenvalue weighted by atomic mass is 9.71. The van der Waals surface area contributed by atoms with Crippen molar-refractivity contribution in [2.24, 2.45) is 17.3 Å². The molecule has 0 aromatic rings. The van der Waals surface area contributed by atoms with Crippen LogP contribution >= 0.6 is 0 Å². The van der Waals surface area contributed by atoms with Gasteiger partial charge in [-0.1, -0.05) is 40.5 Å². The molecule has 0 heterocycles. The fraction of sp³-hybridized carbons (Fsp3) is 0.826. The molecule has 28 heavy (non-hydrogen) atoms. The largest absolute Gasteiger partial charge is 0.431 e. The minimum absolute atomic E-state index is 0.0251. The fourth-order valence-electron chi connectivity index (χ4n) is 5.44. The van der Waals surface area contributed by atoms with Crippen molar-refractivity contribution >= 4 is 20.1 Å². The number of hydrogen-bond acceptors (Lipinski definition) is 4. The second-order valence-corrected chi connectivity index (χ2v) is 15.6. The number of hydrogen-bond donors (Lipinski definition) is 0. The van der Waals surface area contributed by atoms with Crippen molar-refractivity contribution in [1.82, 2.24) is 0 Å². The van der Waals surface area contributed by atoms with Crippen molar-refractivity contribution in [3.05, 3.63) is 11.3 Å². The molecule has 3 aliphatic rings. The van der Waals surface area contributed by atoms with Crippen LogP contribution in [0.15, 0.2) is 11.3 Å². The standard InChI is InChI=1S/C23H38O4Si/c1-15-14-23-13-9-8-10-17(21(23)27-28(6,7)22(3,4)5)11-12-18(26-16(2)24)19(23)20(15)25/h15,17,21H,8-14H2,1-7H3/t15-,17+,21+,23+/m1/s1. The molecule has 1 spiro atoms. The van der Waals surface area contributed by atoms with Crippen molar-refractivity contribution in [3.63, 3.8) is 0 Å². The summed E-state index contributed by atoms with van der Waals surface area (Å²) in [5.41, 5.74) is 0.525. The second-order valence-electron chi connectivity index (χ2n) is 10.9. The van der Waals surface area contributed by atoms with Gasteiger partial charge in [-0.2, -0.15) is 0 Å². The fourth-order valence-corrected chi connectivity index (χ4v) is 6.85. The van der Waals surface area contributed by atoms with E-state index in [-0.39, 0.29) is 34.2 Å². The highest BCUT2D eigenvalue weighted by atomic mass is 28.4. The Morgan fingerprint density at radius 3 is 2.46 bits per heavy atom. The van der Waals surface area contributed by atoms with Gasteiger partial charge in [-0.05, 0) is 49.7 Å². The van der Waals surface area contributed by atoms with E-state index in [1.165, 1.54) is 13.3 Å². The molecule has 0 N–H and O–H groups in total. The van der Waals surface area contributed by atoms with E-state index in [0.29, 0.717) is 18.1 Å². The first kappa shape index (κ1) is 21.8. The summed E-state index contributed by atoms with van der Waals surface area (Å²) in [4.78, 5) is 25.1. The molecule has 3 rings (SSSR count). The molecule has 0 unspecified atom stereocenters. The molecule has 3 aliphatic carbocycles. The maximum atomic E-state index is 13.3. The molecule has 0 aromatic carbocycles. The van der Waals surface area contributed by atoms with Crippen LogP contribution in [0.5, 0.6) is 0 Å². The Bertz CT molecular complexity index is 687. The lowest BCUT2D eigenvalue weighted by molar-refractivity contribution is -0.137. The maximum absolute atomic E-state index is 13.3. The summed E-state index contributed by atoms with van der Waals surface area (Å²) in [6, 6.07) is 0. The zero-order valence-electron chi connectivity index (χ0n) is 18.8. The van der Waals surface area contributed by atoms with E-state index in [2.05, 4.69) is 33.9 Å². The molecule has 0 radical (unpaired) electrons. The summed E-state index contributed by atoms with van der Waals surface area (Å²) in [5, 5.41) is 0.121. The third-order valence-electron chi connectivity index (χ3n) is 7.80. The molecule has 158 valence electrons. The first-order valence-corrected chi connectivity index (χ1v) is 13.9. The zero-order chi connectivity index (χ0) is 20.9. The van der Waals surface area contributed by atoms with Crippen molar-refractivity contribution in [2.45, 2.75) is 104 Å². The molecule has 4 nitrogen and oxygen atoms in total. The van der Waals surface area contributed by atoms with Crippen LogP contribution in [-0.2, 0) is 18.8 Å². The topological polar surface area (TPSA) is 52.6 Å². The lowest BCUT2D eigenvalue weighted by Gasteiger charge is -2.47. The van der Waals surface area contributed by atoms with E-state index in [9.17, 15) is 9.59 Å². The number of ether oxygens (including phenoxy) is 1. The van der Waals surface area contributed by atoms with Crippen LogP contribution < -0.4 is 0 Å². The van der Waals surface area contributed by atoms with Gasteiger partial charge in [-0.25, -0.2) is 0 Å². The Balaban J connectivity index is 2.15. The molecular formula is C23H38O4Si. The average Bonchev–Trinajstić information content (AvgIpc) is 2.66. The van der Waals surface area contributed by atoms with Crippen molar-refractivity contribution in [1.29, 1.82) is 0 Å². The number of ketones is 1.